The van der Waals surface area contributed by atoms with Crippen LogP contribution in [-0.2, 0) is 16.1 Å². The van der Waals surface area contributed by atoms with Crippen molar-refractivity contribution in [1.29, 1.82) is 0 Å². The second-order valence-corrected chi connectivity index (χ2v) is 4.80. The van der Waals surface area contributed by atoms with E-state index in [2.05, 4.69) is 15.8 Å². The fraction of sp³-hybridized carbons (Fsp3) is 0.500. The number of nitrogens with zero attached hydrogens (tertiary/aromatic N) is 1. The number of nitrogens with one attached hydrogen (secondary N) is 2. The number of hydrazone groups is 1. The predicted molar refractivity (Wildman–Crippen MR) is 73.8 cm³/mol. The minimum atomic E-state index is -0.742. The Hall–Kier alpha value is -2.11. The lowest BCUT2D eigenvalue weighted by Gasteiger charge is -2.04. The molecule has 6 heteroatoms. The van der Waals surface area contributed by atoms with Crippen molar-refractivity contribution in [2.24, 2.45) is 5.10 Å². The molecule has 2 N–H and O–H groups in total. The highest BCUT2D eigenvalue weighted by atomic mass is 16.3. The van der Waals surface area contributed by atoms with Gasteiger partial charge < -0.3 is 9.73 Å². The van der Waals surface area contributed by atoms with E-state index in [0.29, 0.717) is 5.76 Å². The molecule has 0 aliphatic heterocycles. The van der Waals surface area contributed by atoms with E-state index < -0.39 is 11.8 Å². The summed E-state index contributed by atoms with van der Waals surface area (Å²) in [4.78, 5) is 23.1. The molecule has 1 aromatic rings. The van der Waals surface area contributed by atoms with Gasteiger partial charge in [0.2, 0.25) is 0 Å². The molecule has 1 heterocycles. The van der Waals surface area contributed by atoms with Gasteiger partial charge in [-0.25, -0.2) is 5.43 Å². The maximum atomic E-state index is 11.6. The van der Waals surface area contributed by atoms with Crippen LogP contribution >= 0.6 is 0 Å². The highest BCUT2D eigenvalue weighted by Gasteiger charge is 2.13. The van der Waals surface area contributed by atoms with Gasteiger partial charge >= 0.3 is 11.8 Å². The minimum Gasteiger partial charge on any atom is -0.467 e. The van der Waals surface area contributed by atoms with Gasteiger partial charge in [-0.3, -0.25) is 9.59 Å². The summed E-state index contributed by atoms with van der Waals surface area (Å²) in [6, 6.07) is 3.45. The van der Waals surface area contributed by atoms with Crippen molar-refractivity contribution < 1.29 is 14.0 Å². The maximum absolute atomic E-state index is 11.6. The molecule has 20 heavy (non-hydrogen) atoms. The van der Waals surface area contributed by atoms with Crippen LogP contribution in [0.1, 0.15) is 44.3 Å². The monoisotopic (exact) mass is 277 g/mol. The molecule has 1 saturated carbocycles. The Labute approximate surface area is 117 Å². The van der Waals surface area contributed by atoms with Gasteiger partial charge in [-0.15, -0.1) is 0 Å². The summed E-state index contributed by atoms with van der Waals surface area (Å²) in [5, 5.41) is 6.51. The Morgan fingerprint density at radius 3 is 2.55 bits per heavy atom. The van der Waals surface area contributed by atoms with Crippen LogP contribution in [0.3, 0.4) is 0 Å². The van der Waals surface area contributed by atoms with E-state index >= 15 is 0 Å². The van der Waals surface area contributed by atoms with Crippen molar-refractivity contribution in [2.75, 3.05) is 0 Å². The molecule has 1 aromatic heterocycles. The van der Waals surface area contributed by atoms with Crippen LogP contribution in [0.5, 0.6) is 0 Å². The molecule has 1 aliphatic carbocycles. The molecule has 0 aromatic carbocycles. The third kappa shape index (κ3) is 4.53. The van der Waals surface area contributed by atoms with Gasteiger partial charge in [0.15, 0.2) is 0 Å². The number of hydrogen-bond donors (Lipinski definition) is 2. The number of rotatable bonds is 3. The van der Waals surface area contributed by atoms with E-state index in [9.17, 15) is 9.59 Å². The van der Waals surface area contributed by atoms with Crippen LogP contribution in [0.25, 0.3) is 0 Å². The summed E-state index contributed by atoms with van der Waals surface area (Å²) in [7, 11) is 0. The lowest BCUT2D eigenvalue weighted by Crippen LogP contribution is -2.37. The molecule has 0 saturated heterocycles. The molecule has 1 aliphatic rings. The highest BCUT2D eigenvalue weighted by molar-refractivity contribution is 6.35. The first-order valence-corrected chi connectivity index (χ1v) is 6.91. The fourth-order valence-corrected chi connectivity index (χ4v) is 2.09. The second-order valence-electron chi connectivity index (χ2n) is 4.80. The van der Waals surface area contributed by atoms with Crippen LogP contribution in [0.15, 0.2) is 27.9 Å². The van der Waals surface area contributed by atoms with Gasteiger partial charge in [-0.1, -0.05) is 12.8 Å². The van der Waals surface area contributed by atoms with Crippen molar-refractivity contribution in [3.8, 4) is 0 Å². The number of furan rings is 1. The van der Waals surface area contributed by atoms with Crippen molar-refractivity contribution in [3.63, 3.8) is 0 Å². The zero-order chi connectivity index (χ0) is 14.2. The highest BCUT2D eigenvalue weighted by Crippen LogP contribution is 2.14. The summed E-state index contributed by atoms with van der Waals surface area (Å²) in [5.41, 5.74) is 3.28. The number of carbonyl (C=O) groups excluding carboxylic acids is 2. The van der Waals surface area contributed by atoms with Crippen molar-refractivity contribution in [2.45, 2.75) is 45.1 Å². The van der Waals surface area contributed by atoms with E-state index in [1.807, 2.05) is 0 Å². The molecule has 108 valence electrons. The molecule has 0 atom stereocenters. The SMILES string of the molecule is O=C(NCc1ccco1)C(=O)NN=C1CCCCCC1. The lowest BCUT2D eigenvalue weighted by atomic mass is 10.2. The second kappa shape index (κ2) is 7.47. The molecule has 0 bridgehead atoms. The largest absolute Gasteiger partial charge is 0.467 e. The van der Waals surface area contributed by atoms with Crippen LogP contribution in [0.2, 0.25) is 0 Å². The first kappa shape index (κ1) is 14.3. The molecule has 0 spiro atoms. The van der Waals surface area contributed by atoms with Gasteiger partial charge in [0.1, 0.15) is 5.76 Å². The molecule has 0 unspecified atom stereocenters. The summed E-state index contributed by atoms with van der Waals surface area (Å²) < 4.78 is 5.06. The normalized spacial score (nSPS) is 15.3. The van der Waals surface area contributed by atoms with Gasteiger partial charge in [-0.05, 0) is 37.8 Å². The van der Waals surface area contributed by atoms with Gasteiger partial charge in [-0.2, -0.15) is 5.10 Å². The molecule has 0 radical (unpaired) electrons. The summed E-state index contributed by atoms with van der Waals surface area (Å²) in [5.74, 6) is -0.853. The third-order valence-electron chi connectivity index (χ3n) is 3.21. The van der Waals surface area contributed by atoms with Crippen LogP contribution < -0.4 is 10.7 Å². The lowest BCUT2D eigenvalue weighted by molar-refractivity contribution is -0.139. The first-order chi connectivity index (χ1) is 9.75. The average Bonchev–Trinajstić information content (AvgIpc) is 2.84. The standard InChI is InChI=1S/C14H19N3O3/c18-13(15-10-12-8-5-9-20-12)14(19)17-16-11-6-3-1-2-4-7-11/h5,8-9H,1-4,6-7,10H2,(H,15,18)(H,17,19). The molecule has 1 fully saturated rings. The van der Waals surface area contributed by atoms with Crippen molar-refractivity contribution in [3.05, 3.63) is 24.2 Å². The maximum Gasteiger partial charge on any atom is 0.329 e. The van der Waals surface area contributed by atoms with Crippen LogP contribution in [-0.4, -0.2) is 17.5 Å². The van der Waals surface area contributed by atoms with Crippen LogP contribution in [0.4, 0.5) is 0 Å². The minimum absolute atomic E-state index is 0.190. The third-order valence-corrected chi connectivity index (χ3v) is 3.21. The predicted octanol–water partition coefficient (Wildman–Crippen LogP) is 1.72. The van der Waals surface area contributed by atoms with Gasteiger partial charge in [0, 0.05) is 5.71 Å². The molecular weight excluding hydrogens is 258 g/mol. The fourth-order valence-electron chi connectivity index (χ4n) is 2.09. The number of hydrogen-bond acceptors (Lipinski definition) is 4. The van der Waals surface area contributed by atoms with Crippen LogP contribution in [0, 0.1) is 0 Å². The Kier molecular flexibility index (Phi) is 5.34. The number of carbonyl (C=O) groups is 2. The van der Waals surface area contributed by atoms with E-state index in [4.69, 9.17) is 4.42 Å². The molecular formula is C14H19N3O3. The zero-order valence-electron chi connectivity index (χ0n) is 11.4. The Morgan fingerprint density at radius 1 is 1.15 bits per heavy atom. The smallest absolute Gasteiger partial charge is 0.329 e. The van der Waals surface area contributed by atoms with E-state index in [-0.39, 0.29) is 6.54 Å². The molecule has 2 amide bonds. The Balaban J connectivity index is 1.75. The van der Waals surface area contributed by atoms with Gasteiger partial charge in [0.05, 0.1) is 12.8 Å². The number of amides is 2. The Bertz CT molecular complexity index is 470. The topological polar surface area (TPSA) is 83.7 Å². The summed E-state index contributed by atoms with van der Waals surface area (Å²) in [6.45, 7) is 0.190. The quantitative estimate of drug-likeness (QED) is 0.501. The average molecular weight is 277 g/mol. The molecule has 6 nitrogen and oxygen atoms in total. The van der Waals surface area contributed by atoms with Crippen molar-refractivity contribution in [1.82, 2.24) is 10.7 Å². The van der Waals surface area contributed by atoms with E-state index in [0.717, 1.165) is 31.4 Å². The summed E-state index contributed by atoms with van der Waals surface area (Å²) >= 11 is 0. The Morgan fingerprint density at radius 2 is 1.90 bits per heavy atom. The summed E-state index contributed by atoms with van der Waals surface area (Å²) in [6.07, 6.45) is 7.91. The first-order valence-electron chi connectivity index (χ1n) is 6.91. The van der Waals surface area contributed by atoms with E-state index in [1.165, 1.54) is 19.1 Å². The zero-order valence-corrected chi connectivity index (χ0v) is 11.4. The van der Waals surface area contributed by atoms with Gasteiger partial charge in [0.25, 0.3) is 0 Å². The molecule has 2 rings (SSSR count). The van der Waals surface area contributed by atoms with Crippen molar-refractivity contribution >= 4 is 17.5 Å². The van der Waals surface area contributed by atoms with E-state index in [1.54, 1.807) is 12.1 Å².